The molecular formula is C15H26N2O3. The number of likely N-dealkylation sites (N-methyl/N-ethyl adjacent to an activating group) is 2. The zero-order valence-corrected chi connectivity index (χ0v) is 12.6. The van der Waals surface area contributed by atoms with E-state index in [4.69, 9.17) is 0 Å². The van der Waals surface area contributed by atoms with E-state index in [0.29, 0.717) is 13.1 Å². The second kappa shape index (κ2) is 8.09. The number of hydrogen-bond acceptors (Lipinski definition) is 5. The Morgan fingerprint density at radius 3 is 2.50 bits per heavy atom. The summed E-state index contributed by atoms with van der Waals surface area (Å²) in [4.78, 5) is 4.27. The molecular weight excluding hydrogens is 256 g/mol. The van der Waals surface area contributed by atoms with Gasteiger partial charge in [-0.15, -0.1) is 0 Å². The summed E-state index contributed by atoms with van der Waals surface area (Å²) in [6, 6.07) is 5.03. The summed E-state index contributed by atoms with van der Waals surface area (Å²) < 4.78 is 0. The average molecular weight is 282 g/mol. The van der Waals surface area contributed by atoms with E-state index in [1.807, 2.05) is 13.1 Å². The Hall–Kier alpha value is -1.30. The highest BCUT2D eigenvalue weighted by Gasteiger charge is 2.11. The maximum atomic E-state index is 9.82. The Labute approximate surface area is 121 Å². The van der Waals surface area contributed by atoms with Gasteiger partial charge in [-0.3, -0.25) is 4.90 Å². The van der Waals surface area contributed by atoms with E-state index in [9.17, 15) is 15.3 Å². The molecule has 20 heavy (non-hydrogen) atoms. The van der Waals surface area contributed by atoms with Crippen molar-refractivity contribution in [3.05, 3.63) is 23.8 Å². The van der Waals surface area contributed by atoms with E-state index < -0.39 is 0 Å². The van der Waals surface area contributed by atoms with Gasteiger partial charge in [0.1, 0.15) is 0 Å². The van der Waals surface area contributed by atoms with Crippen molar-refractivity contribution in [3.63, 3.8) is 0 Å². The predicted octanol–water partition coefficient (Wildman–Crippen LogP) is 1.23. The van der Waals surface area contributed by atoms with Crippen molar-refractivity contribution in [2.24, 2.45) is 0 Å². The molecule has 5 nitrogen and oxygen atoms in total. The van der Waals surface area contributed by atoms with Crippen molar-refractivity contribution in [1.29, 1.82) is 0 Å². The zero-order valence-electron chi connectivity index (χ0n) is 12.6. The van der Waals surface area contributed by atoms with Gasteiger partial charge in [0.05, 0.1) is 6.10 Å². The second-order valence-electron chi connectivity index (χ2n) is 5.26. The number of phenols is 2. The second-order valence-corrected chi connectivity index (χ2v) is 5.26. The molecule has 0 heterocycles. The summed E-state index contributed by atoms with van der Waals surface area (Å²) in [5.41, 5.74) is 0.727. The Kier molecular flexibility index (Phi) is 6.78. The van der Waals surface area contributed by atoms with E-state index in [-0.39, 0.29) is 17.6 Å². The van der Waals surface area contributed by atoms with Crippen LogP contribution in [0.3, 0.4) is 0 Å². The highest BCUT2D eigenvalue weighted by molar-refractivity contribution is 5.44. The molecule has 1 atom stereocenters. The van der Waals surface area contributed by atoms with Crippen LogP contribution in [0.15, 0.2) is 18.2 Å². The lowest BCUT2D eigenvalue weighted by Gasteiger charge is -2.25. The number of aliphatic hydroxyl groups excluding tert-OH is 1. The molecule has 0 radical (unpaired) electrons. The number of hydrogen-bond donors (Lipinski definition) is 3. The molecule has 0 amide bonds. The van der Waals surface area contributed by atoms with Crippen LogP contribution in [-0.2, 0) is 6.54 Å². The molecule has 0 aliphatic rings. The van der Waals surface area contributed by atoms with Gasteiger partial charge in [0.2, 0.25) is 0 Å². The minimum atomic E-state index is -0.329. The van der Waals surface area contributed by atoms with E-state index in [0.717, 1.165) is 25.2 Å². The molecule has 0 aromatic heterocycles. The third-order valence-electron chi connectivity index (χ3n) is 3.31. The molecule has 1 aromatic rings. The van der Waals surface area contributed by atoms with E-state index in [1.165, 1.54) is 6.07 Å². The van der Waals surface area contributed by atoms with E-state index in [2.05, 4.69) is 16.7 Å². The maximum Gasteiger partial charge on any atom is 0.161 e. The molecule has 0 saturated heterocycles. The Morgan fingerprint density at radius 2 is 1.90 bits per heavy atom. The van der Waals surface area contributed by atoms with Gasteiger partial charge in [0.25, 0.3) is 0 Å². The summed E-state index contributed by atoms with van der Waals surface area (Å²) in [7, 11) is 1.98. The van der Waals surface area contributed by atoms with Gasteiger partial charge in [-0.05, 0) is 26.6 Å². The standard InChI is InChI=1S/C15H26N2O3/c1-4-17(9-8-16(3)10-12(2)18)11-13-6-5-7-14(19)15(13)20/h5-7,12,18-20H,4,8-11H2,1-3H3/t12-/m0/s1. The smallest absolute Gasteiger partial charge is 0.161 e. The third-order valence-corrected chi connectivity index (χ3v) is 3.31. The van der Waals surface area contributed by atoms with Gasteiger partial charge < -0.3 is 20.2 Å². The highest BCUT2D eigenvalue weighted by Crippen LogP contribution is 2.28. The van der Waals surface area contributed by atoms with Gasteiger partial charge in [0, 0.05) is 31.7 Å². The average Bonchev–Trinajstić information content (AvgIpc) is 2.38. The van der Waals surface area contributed by atoms with Gasteiger partial charge >= 0.3 is 0 Å². The molecule has 0 spiro atoms. The Morgan fingerprint density at radius 1 is 1.20 bits per heavy atom. The number of rotatable bonds is 8. The quantitative estimate of drug-likeness (QED) is 0.626. The van der Waals surface area contributed by atoms with Crippen molar-refractivity contribution in [3.8, 4) is 11.5 Å². The maximum absolute atomic E-state index is 9.82. The first-order valence-electron chi connectivity index (χ1n) is 7.02. The summed E-state index contributed by atoms with van der Waals surface area (Å²) in [6.07, 6.45) is -0.329. The molecule has 114 valence electrons. The van der Waals surface area contributed by atoms with Crippen LogP contribution in [0.5, 0.6) is 11.5 Å². The number of benzene rings is 1. The Bertz CT molecular complexity index is 410. The summed E-state index contributed by atoms with van der Waals surface area (Å²) in [6.45, 7) is 7.63. The van der Waals surface area contributed by atoms with Gasteiger partial charge in [0.15, 0.2) is 11.5 Å². The molecule has 1 aromatic carbocycles. The first-order valence-corrected chi connectivity index (χ1v) is 7.02. The lowest BCUT2D eigenvalue weighted by molar-refractivity contribution is 0.131. The minimum absolute atomic E-state index is 0.0386. The lowest BCUT2D eigenvalue weighted by Crippen LogP contribution is -2.35. The SMILES string of the molecule is CCN(CCN(C)C[C@H](C)O)Cc1cccc(O)c1O. The van der Waals surface area contributed by atoms with Crippen LogP contribution < -0.4 is 0 Å². The van der Waals surface area contributed by atoms with Crippen molar-refractivity contribution >= 4 is 0 Å². The number of para-hydroxylation sites is 1. The van der Waals surface area contributed by atoms with Gasteiger partial charge in [-0.25, -0.2) is 0 Å². The van der Waals surface area contributed by atoms with Crippen LogP contribution in [-0.4, -0.2) is 64.5 Å². The highest BCUT2D eigenvalue weighted by atomic mass is 16.3. The zero-order chi connectivity index (χ0) is 15.1. The molecule has 1 rings (SSSR count). The Balaban J connectivity index is 2.53. The lowest BCUT2D eigenvalue weighted by atomic mass is 10.1. The summed E-state index contributed by atoms with van der Waals surface area (Å²) >= 11 is 0. The molecule has 0 fully saturated rings. The minimum Gasteiger partial charge on any atom is -0.504 e. The number of phenolic OH excluding ortho intramolecular Hbond substituents is 2. The fraction of sp³-hybridized carbons (Fsp3) is 0.600. The molecule has 0 aliphatic carbocycles. The molecule has 3 N–H and O–H groups in total. The fourth-order valence-electron chi connectivity index (χ4n) is 2.15. The number of aromatic hydroxyl groups is 2. The van der Waals surface area contributed by atoms with E-state index >= 15 is 0 Å². The predicted molar refractivity (Wildman–Crippen MR) is 79.9 cm³/mol. The van der Waals surface area contributed by atoms with Crippen molar-refractivity contribution in [2.45, 2.75) is 26.5 Å². The fourth-order valence-corrected chi connectivity index (χ4v) is 2.15. The summed E-state index contributed by atoms with van der Waals surface area (Å²) in [5, 5.41) is 28.6. The first-order chi connectivity index (χ1) is 9.43. The number of nitrogens with zero attached hydrogens (tertiary/aromatic N) is 2. The normalized spacial score (nSPS) is 13.1. The van der Waals surface area contributed by atoms with Crippen LogP contribution in [0, 0.1) is 0 Å². The molecule has 0 unspecified atom stereocenters. The third kappa shape index (κ3) is 5.36. The molecule has 0 aliphatic heterocycles. The van der Waals surface area contributed by atoms with Gasteiger partial charge in [-0.2, -0.15) is 0 Å². The molecule has 0 bridgehead atoms. The molecule has 0 saturated carbocycles. The monoisotopic (exact) mass is 282 g/mol. The van der Waals surface area contributed by atoms with Crippen LogP contribution in [0.25, 0.3) is 0 Å². The summed E-state index contributed by atoms with van der Waals surface area (Å²) in [5.74, 6) is -0.118. The van der Waals surface area contributed by atoms with E-state index in [1.54, 1.807) is 13.0 Å². The van der Waals surface area contributed by atoms with Crippen LogP contribution in [0.2, 0.25) is 0 Å². The van der Waals surface area contributed by atoms with Crippen LogP contribution in [0.1, 0.15) is 19.4 Å². The van der Waals surface area contributed by atoms with Crippen LogP contribution >= 0.6 is 0 Å². The largest absolute Gasteiger partial charge is 0.504 e. The van der Waals surface area contributed by atoms with Crippen molar-refractivity contribution < 1.29 is 15.3 Å². The van der Waals surface area contributed by atoms with Crippen molar-refractivity contribution in [2.75, 3.05) is 33.2 Å². The number of aliphatic hydroxyl groups is 1. The van der Waals surface area contributed by atoms with Gasteiger partial charge in [-0.1, -0.05) is 19.1 Å². The molecule has 5 heteroatoms. The topological polar surface area (TPSA) is 67.2 Å². The van der Waals surface area contributed by atoms with Crippen LogP contribution in [0.4, 0.5) is 0 Å². The first kappa shape index (κ1) is 16.8. The van der Waals surface area contributed by atoms with Crippen molar-refractivity contribution in [1.82, 2.24) is 9.80 Å².